The number of nitrogens with two attached hydrogens (primary N) is 1. The molecule has 1 aromatic carbocycles. The summed E-state index contributed by atoms with van der Waals surface area (Å²) in [7, 11) is 0. The van der Waals surface area contributed by atoms with Gasteiger partial charge in [-0.15, -0.1) is 0 Å². The van der Waals surface area contributed by atoms with Crippen LogP contribution in [0, 0.1) is 17.2 Å². The molecular weight excluding hydrogens is 348 g/mol. The van der Waals surface area contributed by atoms with E-state index >= 15 is 0 Å². The average Bonchev–Trinajstić information content (AvgIpc) is 2.65. The van der Waals surface area contributed by atoms with E-state index in [4.69, 9.17) is 11.0 Å². The van der Waals surface area contributed by atoms with E-state index in [0.29, 0.717) is 16.8 Å². The molecule has 0 fully saturated rings. The topological polar surface area (TPSA) is 145 Å². The molecule has 0 aliphatic carbocycles. The van der Waals surface area contributed by atoms with Crippen LogP contribution in [0.4, 0.5) is 11.6 Å². The van der Waals surface area contributed by atoms with Gasteiger partial charge in [0.2, 0.25) is 17.8 Å². The molecule has 0 saturated heterocycles. The summed E-state index contributed by atoms with van der Waals surface area (Å²) in [5.74, 6) is -1.11. The van der Waals surface area contributed by atoms with Crippen molar-refractivity contribution in [1.82, 2.24) is 9.97 Å². The highest BCUT2D eigenvalue weighted by molar-refractivity contribution is 5.97. The van der Waals surface area contributed by atoms with Crippen molar-refractivity contribution in [2.45, 2.75) is 26.1 Å². The quantitative estimate of drug-likeness (QED) is 0.732. The smallest absolute Gasteiger partial charge is 0.248 e. The zero-order valence-electron chi connectivity index (χ0n) is 14.7. The molecule has 0 unspecified atom stereocenters. The zero-order chi connectivity index (χ0) is 19.7. The number of nitrogens with one attached hydrogen (secondary N) is 1. The van der Waals surface area contributed by atoms with Crippen LogP contribution in [0.5, 0.6) is 0 Å². The van der Waals surface area contributed by atoms with Gasteiger partial charge in [-0.25, -0.2) is 9.97 Å². The van der Waals surface area contributed by atoms with Crippen LogP contribution in [0.25, 0.3) is 0 Å². The first-order chi connectivity index (χ1) is 12.8. The number of anilines is 2. The number of aliphatic hydroxyl groups is 1. The van der Waals surface area contributed by atoms with E-state index in [1.165, 1.54) is 30.3 Å². The van der Waals surface area contributed by atoms with Crippen LogP contribution in [0.2, 0.25) is 0 Å². The predicted molar refractivity (Wildman–Crippen MR) is 96.4 cm³/mol. The lowest BCUT2D eigenvalue weighted by Gasteiger charge is -2.42. The molecule has 4 N–H and O–H groups in total. The number of carbonyl (C=O) groups excluding carboxylic acids is 2. The molecule has 27 heavy (non-hydrogen) atoms. The van der Waals surface area contributed by atoms with Gasteiger partial charge in [0, 0.05) is 18.4 Å². The maximum atomic E-state index is 12.1. The SMILES string of the molecule is CC(=O)N1c2ccc(C(N)=O)cc2[C@H](Nc2ncc(C#N)cn2)[C@@H](C)[C@@H]1O. The van der Waals surface area contributed by atoms with Gasteiger partial charge in [0.15, 0.2) is 0 Å². The molecule has 2 heterocycles. The minimum atomic E-state index is -1.08. The lowest BCUT2D eigenvalue weighted by Crippen LogP contribution is -2.50. The van der Waals surface area contributed by atoms with Crippen molar-refractivity contribution in [1.29, 1.82) is 5.26 Å². The van der Waals surface area contributed by atoms with Crippen molar-refractivity contribution in [3.8, 4) is 6.07 Å². The summed E-state index contributed by atoms with van der Waals surface area (Å²) in [4.78, 5) is 33.1. The average molecular weight is 366 g/mol. The second-order valence-corrected chi connectivity index (χ2v) is 6.33. The Morgan fingerprint density at radius 1 is 1.33 bits per heavy atom. The molecule has 0 saturated carbocycles. The Hall–Kier alpha value is -3.51. The first-order valence-electron chi connectivity index (χ1n) is 8.23. The Morgan fingerprint density at radius 2 is 2.00 bits per heavy atom. The fraction of sp³-hybridized carbons (Fsp3) is 0.278. The second kappa shape index (κ2) is 7.01. The van der Waals surface area contributed by atoms with Gasteiger partial charge in [-0.2, -0.15) is 5.26 Å². The number of nitrogens with zero attached hydrogens (tertiary/aromatic N) is 4. The summed E-state index contributed by atoms with van der Waals surface area (Å²) in [5, 5.41) is 22.6. The lowest BCUT2D eigenvalue weighted by atomic mass is 9.85. The summed E-state index contributed by atoms with van der Waals surface area (Å²) in [5.41, 5.74) is 7.08. The Labute approximate surface area is 155 Å². The van der Waals surface area contributed by atoms with Crippen LogP contribution < -0.4 is 16.0 Å². The number of aliphatic hydroxyl groups excluding tert-OH is 1. The highest BCUT2D eigenvalue weighted by Gasteiger charge is 2.40. The monoisotopic (exact) mass is 366 g/mol. The molecule has 1 aromatic heterocycles. The van der Waals surface area contributed by atoms with E-state index < -0.39 is 24.1 Å². The van der Waals surface area contributed by atoms with Crippen molar-refractivity contribution in [2.75, 3.05) is 10.2 Å². The number of fused-ring (bicyclic) bond motifs is 1. The predicted octanol–water partition coefficient (Wildman–Crippen LogP) is 0.921. The molecule has 138 valence electrons. The minimum absolute atomic E-state index is 0.254. The van der Waals surface area contributed by atoms with Gasteiger partial charge in [0.05, 0.1) is 29.7 Å². The van der Waals surface area contributed by atoms with Crippen LogP contribution in [0.3, 0.4) is 0 Å². The van der Waals surface area contributed by atoms with E-state index in [2.05, 4.69) is 15.3 Å². The number of benzene rings is 1. The Kier molecular flexibility index (Phi) is 4.75. The van der Waals surface area contributed by atoms with E-state index in [-0.39, 0.29) is 17.4 Å². The van der Waals surface area contributed by atoms with Crippen molar-refractivity contribution in [3.63, 3.8) is 0 Å². The highest BCUT2D eigenvalue weighted by atomic mass is 16.3. The van der Waals surface area contributed by atoms with Crippen LogP contribution in [0.15, 0.2) is 30.6 Å². The second-order valence-electron chi connectivity index (χ2n) is 6.33. The third kappa shape index (κ3) is 3.30. The van der Waals surface area contributed by atoms with E-state index in [9.17, 15) is 14.7 Å². The summed E-state index contributed by atoms with van der Waals surface area (Å²) >= 11 is 0. The summed E-state index contributed by atoms with van der Waals surface area (Å²) < 4.78 is 0. The van der Waals surface area contributed by atoms with Crippen LogP contribution in [0.1, 0.15) is 41.4 Å². The third-order valence-electron chi connectivity index (χ3n) is 4.57. The Bertz CT molecular complexity index is 937. The van der Waals surface area contributed by atoms with E-state index in [0.717, 1.165) is 0 Å². The number of hydrogen-bond donors (Lipinski definition) is 3. The molecule has 0 radical (unpaired) electrons. The van der Waals surface area contributed by atoms with Crippen molar-refractivity contribution in [2.24, 2.45) is 11.7 Å². The van der Waals surface area contributed by atoms with E-state index in [1.54, 1.807) is 19.1 Å². The molecule has 1 aliphatic heterocycles. The van der Waals surface area contributed by atoms with Gasteiger partial charge in [0.1, 0.15) is 12.3 Å². The molecule has 9 nitrogen and oxygen atoms in total. The number of primary amides is 1. The van der Waals surface area contributed by atoms with Gasteiger partial charge < -0.3 is 16.2 Å². The minimum Gasteiger partial charge on any atom is -0.373 e. The van der Waals surface area contributed by atoms with Crippen molar-refractivity contribution < 1.29 is 14.7 Å². The van der Waals surface area contributed by atoms with Gasteiger partial charge in [-0.1, -0.05) is 6.92 Å². The molecule has 0 bridgehead atoms. The van der Waals surface area contributed by atoms with Crippen LogP contribution in [-0.2, 0) is 4.79 Å². The molecule has 3 atom stereocenters. The Morgan fingerprint density at radius 3 is 2.56 bits per heavy atom. The maximum Gasteiger partial charge on any atom is 0.248 e. The summed E-state index contributed by atoms with van der Waals surface area (Å²) in [6, 6.07) is 6.14. The normalized spacial score (nSPS) is 21.1. The summed E-state index contributed by atoms with van der Waals surface area (Å²) in [6.45, 7) is 3.13. The molecule has 2 aromatic rings. The Balaban J connectivity index is 2.08. The zero-order valence-corrected chi connectivity index (χ0v) is 14.7. The molecule has 1 aliphatic rings. The summed E-state index contributed by atoms with van der Waals surface area (Å²) in [6.07, 6.45) is 1.68. The van der Waals surface area contributed by atoms with Crippen molar-refractivity contribution >= 4 is 23.5 Å². The molecular formula is C18H18N6O3. The number of nitriles is 1. The molecule has 2 amide bonds. The fourth-order valence-corrected chi connectivity index (χ4v) is 3.17. The van der Waals surface area contributed by atoms with Gasteiger partial charge >= 0.3 is 0 Å². The van der Waals surface area contributed by atoms with E-state index in [1.807, 2.05) is 6.07 Å². The largest absolute Gasteiger partial charge is 0.373 e. The fourth-order valence-electron chi connectivity index (χ4n) is 3.17. The first kappa shape index (κ1) is 18.3. The number of amides is 2. The highest BCUT2D eigenvalue weighted by Crippen LogP contribution is 2.41. The van der Waals surface area contributed by atoms with Gasteiger partial charge in [-0.05, 0) is 23.8 Å². The first-order valence-corrected chi connectivity index (χ1v) is 8.23. The number of aromatic nitrogens is 2. The number of hydrogen-bond acceptors (Lipinski definition) is 7. The maximum absolute atomic E-state index is 12.1. The van der Waals surface area contributed by atoms with Crippen molar-refractivity contribution in [3.05, 3.63) is 47.3 Å². The van der Waals surface area contributed by atoms with Crippen LogP contribution in [-0.4, -0.2) is 33.1 Å². The molecule has 3 rings (SSSR count). The third-order valence-corrected chi connectivity index (χ3v) is 4.57. The molecule has 9 heteroatoms. The number of rotatable bonds is 3. The molecule has 0 spiro atoms. The van der Waals surface area contributed by atoms with Gasteiger partial charge in [-0.3, -0.25) is 14.5 Å². The lowest BCUT2D eigenvalue weighted by molar-refractivity contribution is -0.119. The van der Waals surface area contributed by atoms with Gasteiger partial charge in [0.25, 0.3) is 0 Å². The van der Waals surface area contributed by atoms with Crippen LogP contribution >= 0.6 is 0 Å². The number of carbonyl (C=O) groups is 2. The standard InChI is InChI=1S/C18H18N6O3/c1-9-15(23-18-21-7-11(6-19)8-22-18)13-5-12(16(20)26)3-4-14(13)24(10(2)25)17(9)27/h3-5,7-9,15,17,27H,1-2H3,(H2,20,26)(H,21,22,23)/t9-,15-,17+/m1/s1.